The Labute approximate surface area is 178 Å². The SMILES string of the molecule is O=C1C(c2ccc(C(F)(F)F)cc2C(F)(F)F)CCc2cc(F)ccc2N1CC#CCO. The Morgan fingerprint density at radius 1 is 1.00 bits per heavy atom. The predicted octanol–water partition coefficient (Wildman–Crippen LogP) is 4.92. The molecule has 0 radical (unpaired) electrons. The Hall–Kier alpha value is -3.06. The molecule has 0 aliphatic carbocycles. The minimum absolute atomic E-state index is 0.00375. The quantitative estimate of drug-likeness (QED) is 0.512. The van der Waals surface area contributed by atoms with Gasteiger partial charge in [0.1, 0.15) is 12.4 Å². The first-order valence-electron chi connectivity index (χ1n) is 9.38. The van der Waals surface area contributed by atoms with Crippen LogP contribution in [0.2, 0.25) is 0 Å². The minimum Gasteiger partial charge on any atom is -0.384 e. The zero-order chi connectivity index (χ0) is 23.7. The highest BCUT2D eigenvalue weighted by Gasteiger charge is 2.42. The first-order chi connectivity index (χ1) is 14.9. The summed E-state index contributed by atoms with van der Waals surface area (Å²) in [6.07, 6.45) is -10.3. The van der Waals surface area contributed by atoms with Gasteiger partial charge >= 0.3 is 12.4 Å². The zero-order valence-electron chi connectivity index (χ0n) is 16.3. The summed E-state index contributed by atoms with van der Waals surface area (Å²) >= 11 is 0. The van der Waals surface area contributed by atoms with Gasteiger partial charge in [0.15, 0.2) is 0 Å². The predicted molar refractivity (Wildman–Crippen MR) is 101 cm³/mol. The topological polar surface area (TPSA) is 40.5 Å². The number of benzene rings is 2. The number of halogens is 7. The Morgan fingerprint density at radius 3 is 2.34 bits per heavy atom. The number of aryl methyl sites for hydroxylation is 1. The smallest absolute Gasteiger partial charge is 0.384 e. The van der Waals surface area contributed by atoms with Crippen LogP contribution in [0.1, 0.15) is 34.6 Å². The number of amides is 1. The molecule has 0 saturated carbocycles. The number of hydrogen-bond donors (Lipinski definition) is 1. The molecule has 2 aromatic rings. The molecule has 1 aliphatic rings. The molecule has 10 heteroatoms. The highest BCUT2D eigenvalue weighted by Crippen LogP contribution is 2.42. The Morgan fingerprint density at radius 2 is 1.72 bits per heavy atom. The van der Waals surface area contributed by atoms with E-state index in [1.807, 2.05) is 0 Å². The number of alkyl halides is 6. The summed E-state index contributed by atoms with van der Waals surface area (Å²) in [7, 11) is 0. The van der Waals surface area contributed by atoms with Crippen molar-refractivity contribution < 1.29 is 40.6 Å². The number of carbonyl (C=O) groups is 1. The lowest BCUT2D eigenvalue weighted by Crippen LogP contribution is -2.35. The van der Waals surface area contributed by atoms with Crippen molar-refractivity contribution in [1.29, 1.82) is 0 Å². The lowest BCUT2D eigenvalue weighted by molar-refractivity contribution is -0.143. The van der Waals surface area contributed by atoms with Crippen LogP contribution in [0.4, 0.5) is 36.4 Å². The van der Waals surface area contributed by atoms with Crippen molar-refractivity contribution in [2.45, 2.75) is 31.1 Å². The number of hydrogen-bond acceptors (Lipinski definition) is 2. The van der Waals surface area contributed by atoms with Crippen LogP contribution in [0.3, 0.4) is 0 Å². The number of nitrogens with zero attached hydrogens (tertiary/aromatic N) is 1. The molecule has 0 spiro atoms. The molecule has 1 unspecified atom stereocenters. The van der Waals surface area contributed by atoms with Gasteiger partial charge in [-0.1, -0.05) is 17.9 Å². The third-order valence-corrected chi connectivity index (χ3v) is 5.10. The molecule has 3 rings (SSSR count). The molecule has 0 saturated heterocycles. The first-order valence-corrected chi connectivity index (χ1v) is 9.38. The van der Waals surface area contributed by atoms with Crippen molar-refractivity contribution in [3.05, 3.63) is 64.5 Å². The number of rotatable bonds is 2. The molecule has 1 atom stereocenters. The molecular formula is C22H16F7NO2. The van der Waals surface area contributed by atoms with E-state index in [0.29, 0.717) is 17.7 Å². The average Bonchev–Trinajstić information content (AvgIpc) is 2.83. The van der Waals surface area contributed by atoms with Gasteiger partial charge in [0.2, 0.25) is 5.91 Å². The maximum atomic E-state index is 13.7. The highest BCUT2D eigenvalue weighted by molar-refractivity contribution is 6.00. The number of anilines is 1. The third kappa shape index (κ3) is 4.88. The van der Waals surface area contributed by atoms with Crippen LogP contribution in [0.25, 0.3) is 0 Å². The number of aliphatic hydroxyl groups excluding tert-OH is 1. The summed E-state index contributed by atoms with van der Waals surface area (Å²) < 4.78 is 93.8. The summed E-state index contributed by atoms with van der Waals surface area (Å²) in [5.74, 6) is 1.98. The van der Waals surface area contributed by atoms with Crippen molar-refractivity contribution >= 4 is 11.6 Å². The molecule has 170 valence electrons. The molecule has 1 amide bonds. The van der Waals surface area contributed by atoms with Crippen LogP contribution in [0.5, 0.6) is 0 Å². The monoisotopic (exact) mass is 459 g/mol. The molecular weight excluding hydrogens is 443 g/mol. The second kappa shape index (κ2) is 8.82. The molecule has 3 nitrogen and oxygen atoms in total. The molecule has 2 aromatic carbocycles. The zero-order valence-corrected chi connectivity index (χ0v) is 16.3. The van der Waals surface area contributed by atoms with E-state index in [0.717, 1.165) is 17.0 Å². The third-order valence-electron chi connectivity index (χ3n) is 5.10. The van der Waals surface area contributed by atoms with Gasteiger partial charge in [-0.3, -0.25) is 9.69 Å². The number of aliphatic hydroxyl groups is 1. The summed E-state index contributed by atoms with van der Waals surface area (Å²) in [5.41, 5.74) is -3.03. The number of fused-ring (bicyclic) bond motifs is 1. The largest absolute Gasteiger partial charge is 0.416 e. The van der Waals surface area contributed by atoms with Gasteiger partial charge in [0, 0.05) is 5.69 Å². The molecule has 1 heterocycles. The summed E-state index contributed by atoms with van der Waals surface area (Å²) in [4.78, 5) is 14.3. The van der Waals surface area contributed by atoms with Crippen molar-refractivity contribution in [2.24, 2.45) is 0 Å². The fourth-order valence-corrected chi connectivity index (χ4v) is 3.67. The molecule has 32 heavy (non-hydrogen) atoms. The normalized spacial score (nSPS) is 16.8. The maximum Gasteiger partial charge on any atom is 0.416 e. The van der Waals surface area contributed by atoms with Crippen molar-refractivity contribution in [2.75, 3.05) is 18.1 Å². The first kappa shape index (κ1) is 23.6. The minimum atomic E-state index is -5.14. The van der Waals surface area contributed by atoms with Gasteiger partial charge in [0.25, 0.3) is 0 Å². The van der Waals surface area contributed by atoms with Gasteiger partial charge in [0.05, 0.1) is 23.6 Å². The second-order valence-corrected chi connectivity index (χ2v) is 7.10. The van der Waals surface area contributed by atoms with E-state index in [4.69, 9.17) is 5.11 Å². The maximum absolute atomic E-state index is 13.7. The Kier molecular flexibility index (Phi) is 6.51. The molecule has 0 bridgehead atoms. The standard InChI is InChI=1S/C22H16F7NO2/c23-15-5-8-19-13(11-15)3-6-17(20(32)30(19)9-1-2-10-31)16-7-4-14(21(24,25)26)12-18(16)22(27,28)29/h4-5,7-8,11-12,17,31H,3,6,9-10H2. The van der Waals surface area contributed by atoms with Gasteiger partial charge < -0.3 is 5.11 Å². The lowest BCUT2D eigenvalue weighted by Gasteiger charge is -2.26. The van der Waals surface area contributed by atoms with Crippen LogP contribution < -0.4 is 4.90 Å². The van der Waals surface area contributed by atoms with E-state index in [-0.39, 0.29) is 31.1 Å². The summed E-state index contributed by atoms with van der Waals surface area (Å²) in [6.45, 7) is -0.810. The Balaban J connectivity index is 2.13. The van der Waals surface area contributed by atoms with Crippen LogP contribution in [-0.2, 0) is 23.6 Å². The molecule has 1 aliphatic heterocycles. The van der Waals surface area contributed by atoms with Gasteiger partial charge in [-0.05, 0) is 54.3 Å². The summed E-state index contributed by atoms with van der Waals surface area (Å²) in [6, 6.07) is 4.69. The van der Waals surface area contributed by atoms with Crippen LogP contribution in [-0.4, -0.2) is 24.2 Å². The second-order valence-electron chi connectivity index (χ2n) is 7.10. The van der Waals surface area contributed by atoms with Crippen LogP contribution >= 0.6 is 0 Å². The van der Waals surface area contributed by atoms with Gasteiger partial charge in [-0.25, -0.2) is 4.39 Å². The van der Waals surface area contributed by atoms with Crippen molar-refractivity contribution in [3.63, 3.8) is 0 Å². The van der Waals surface area contributed by atoms with Gasteiger partial charge in [-0.2, -0.15) is 26.3 Å². The van der Waals surface area contributed by atoms with Crippen molar-refractivity contribution in [3.8, 4) is 11.8 Å². The van der Waals surface area contributed by atoms with Crippen LogP contribution in [0, 0.1) is 17.7 Å². The number of carbonyl (C=O) groups excluding carboxylic acids is 1. The van der Waals surface area contributed by atoms with Gasteiger partial charge in [-0.15, -0.1) is 0 Å². The fraction of sp³-hybridized carbons (Fsp3) is 0.318. The molecule has 1 N–H and O–H groups in total. The fourth-order valence-electron chi connectivity index (χ4n) is 3.67. The van der Waals surface area contributed by atoms with E-state index >= 15 is 0 Å². The van der Waals surface area contributed by atoms with E-state index in [2.05, 4.69) is 11.8 Å². The summed E-state index contributed by atoms with van der Waals surface area (Å²) in [5, 5.41) is 8.85. The van der Waals surface area contributed by atoms with E-state index in [1.165, 1.54) is 6.07 Å². The van der Waals surface area contributed by atoms with Crippen molar-refractivity contribution in [1.82, 2.24) is 0 Å². The molecule has 0 aromatic heterocycles. The van der Waals surface area contributed by atoms with E-state index in [9.17, 15) is 35.5 Å². The molecule has 0 fully saturated rings. The Bertz CT molecular complexity index is 1080. The van der Waals surface area contributed by atoms with Crippen LogP contribution in [0.15, 0.2) is 36.4 Å². The highest BCUT2D eigenvalue weighted by atomic mass is 19.4. The average molecular weight is 459 g/mol. The lowest BCUT2D eigenvalue weighted by atomic mass is 9.88. The van der Waals surface area contributed by atoms with E-state index < -0.39 is 53.3 Å². The van der Waals surface area contributed by atoms with E-state index in [1.54, 1.807) is 0 Å².